The van der Waals surface area contributed by atoms with Crippen LogP contribution in [0.3, 0.4) is 0 Å². The molecule has 0 saturated carbocycles. The molecular weight excluding hydrogens is 221 g/mol. The van der Waals surface area contributed by atoms with E-state index in [0.717, 1.165) is 6.92 Å². The Morgan fingerprint density at radius 2 is 1.92 bits per heavy atom. The van der Waals surface area contributed by atoms with Crippen LogP contribution in [0.25, 0.3) is 0 Å². The van der Waals surface area contributed by atoms with E-state index in [-0.39, 0.29) is 0 Å². The van der Waals surface area contributed by atoms with Crippen molar-refractivity contribution >= 4 is 41.4 Å². The number of nitrogens with one attached hydrogen (secondary N) is 2. The van der Waals surface area contributed by atoms with Crippen molar-refractivity contribution in [3.05, 3.63) is 0 Å². The number of halogens is 2. The molecule has 0 aliphatic heterocycles. The zero-order valence-corrected chi connectivity index (χ0v) is 8.15. The van der Waals surface area contributed by atoms with Gasteiger partial charge in [-0.2, -0.15) is 0 Å². The fourth-order valence-corrected chi connectivity index (χ4v) is 0.776. The number of carbonyl (C=O) groups excluding carboxylic acids is 3. The number of carbonyl (C=O) groups is 3. The van der Waals surface area contributed by atoms with Gasteiger partial charge >= 0.3 is 6.03 Å². The van der Waals surface area contributed by atoms with Crippen LogP contribution in [-0.4, -0.2) is 28.8 Å². The van der Waals surface area contributed by atoms with Crippen LogP contribution in [0, 0.1) is 0 Å². The Hall–Kier alpha value is -1.01. The number of hydrogen-bond donors (Lipinski definition) is 2. The zero-order chi connectivity index (χ0) is 10.4. The number of imide groups is 1. The molecule has 0 spiro atoms. The molecule has 0 aromatic heterocycles. The second-order valence-corrected chi connectivity index (χ2v) is 2.62. The second kappa shape index (κ2) is 5.60. The Balaban J connectivity index is 3.91. The molecular formula is C5H7Cl2N3O3. The quantitative estimate of drug-likeness (QED) is 0.651. The molecule has 74 valence electrons. The summed E-state index contributed by atoms with van der Waals surface area (Å²) in [6.45, 7) is 0.706. The average Bonchev–Trinajstić information content (AvgIpc) is 2.01. The third-order valence-electron chi connectivity index (χ3n) is 0.899. The molecule has 0 atom stereocenters. The van der Waals surface area contributed by atoms with E-state index >= 15 is 0 Å². The van der Waals surface area contributed by atoms with Crippen LogP contribution in [0.4, 0.5) is 4.79 Å². The molecule has 0 unspecified atom stereocenters. The first-order valence-corrected chi connectivity index (χ1v) is 3.83. The minimum atomic E-state index is -0.845. The van der Waals surface area contributed by atoms with E-state index in [1.165, 1.54) is 0 Å². The van der Waals surface area contributed by atoms with E-state index in [1.54, 1.807) is 4.84 Å². The first kappa shape index (κ1) is 12.0. The summed E-state index contributed by atoms with van der Waals surface area (Å²) in [7, 11) is 0. The highest BCUT2D eigenvalue weighted by Gasteiger charge is 2.14. The number of hydrogen-bond acceptors (Lipinski definition) is 3. The van der Waals surface area contributed by atoms with Gasteiger partial charge in [-0.25, -0.2) is 14.0 Å². The van der Waals surface area contributed by atoms with Crippen molar-refractivity contribution < 1.29 is 14.4 Å². The molecule has 0 radical (unpaired) electrons. The number of nitrogens with zero attached hydrogens (tertiary/aromatic N) is 1. The van der Waals surface area contributed by atoms with E-state index < -0.39 is 24.4 Å². The van der Waals surface area contributed by atoms with E-state index in [9.17, 15) is 14.4 Å². The fraction of sp³-hybridized carbons (Fsp3) is 0.400. The fourth-order valence-electron chi connectivity index (χ4n) is 0.480. The van der Waals surface area contributed by atoms with Crippen LogP contribution >= 0.6 is 23.6 Å². The van der Waals surface area contributed by atoms with Crippen molar-refractivity contribution in [3.63, 3.8) is 0 Å². The molecule has 2 N–H and O–H groups in total. The van der Waals surface area contributed by atoms with Gasteiger partial charge in [0.05, 0.1) is 0 Å². The average molecular weight is 228 g/mol. The monoisotopic (exact) mass is 227 g/mol. The SMILES string of the molecule is CC(=O)NC(=O)CN(Cl)C(=O)NCl. The van der Waals surface area contributed by atoms with Crippen LogP contribution < -0.4 is 10.2 Å². The van der Waals surface area contributed by atoms with Crippen LogP contribution in [-0.2, 0) is 9.59 Å². The lowest BCUT2D eigenvalue weighted by molar-refractivity contribution is -0.129. The maximum atomic E-state index is 10.8. The molecule has 6 nitrogen and oxygen atoms in total. The van der Waals surface area contributed by atoms with Gasteiger partial charge in [0.15, 0.2) is 0 Å². The van der Waals surface area contributed by atoms with Crippen LogP contribution in [0.2, 0.25) is 0 Å². The van der Waals surface area contributed by atoms with Crippen molar-refractivity contribution in [1.82, 2.24) is 14.6 Å². The lowest BCUT2D eigenvalue weighted by Gasteiger charge is -2.10. The van der Waals surface area contributed by atoms with Crippen molar-refractivity contribution in [1.29, 1.82) is 0 Å². The van der Waals surface area contributed by atoms with Gasteiger partial charge in [-0.1, -0.05) is 0 Å². The Morgan fingerprint density at radius 1 is 1.38 bits per heavy atom. The number of amides is 4. The largest absolute Gasteiger partial charge is 0.346 e. The van der Waals surface area contributed by atoms with Gasteiger partial charge in [-0.15, -0.1) is 0 Å². The summed E-state index contributed by atoms with van der Waals surface area (Å²) in [5.41, 5.74) is 0. The summed E-state index contributed by atoms with van der Waals surface area (Å²) in [5, 5.41) is 1.93. The molecule has 4 amide bonds. The summed E-state index contributed by atoms with van der Waals surface area (Å²) in [6, 6.07) is -0.845. The van der Waals surface area contributed by atoms with E-state index in [0.29, 0.717) is 4.42 Å². The molecule has 0 bridgehead atoms. The molecule has 8 heteroatoms. The van der Waals surface area contributed by atoms with Crippen LogP contribution in [0.15, 0.2) is 0 Å². The highest BCUT2D eigenvalue weighted by Crippen LogP contribution is 1.94. The van der Waals surface area contributed by atoms with Gasteiger partial charge in [0.2, 0.25) is 11.8 Å². The maximum absolute atomic E-state index is 10.8. The molecule has 0 aromatic rings. The van der Waals surface area contributed by atoms with E-state index in [1.807, 2.05) is 5.32 Å². The lowest BCUT2D eigenvalue weighted by Crippen LogP contribution is -2.39. The highest BCUT2D eigenvalue weighted by molar-refractivity contribution is 6.28. The third kappa shape index (κ3) is 5.26. The van der Waals surface area contributed by atoms with Crippen molar-refractivity contribution in [2.75, 3.05) is 6.54 Å². The Labute approximate surface area is 84.4 Å². The van der Waals surface area contributed by atoms with E-state index in [4.69, 9.17) is 23.6 Å². The minimum Gasteiger partial charge on any atom is -0.295 e. The maximum Gasteiger partial charge on any atom is 0.346 e. The minimum absolute atomic E-state index is 0.459. The third-order valence-corrected chi connectivity index (χ3v) is 1.33. The predicted octanol–water partition coefficient (Wildman–Crippen LogP) is -0.0317. The molecule has 13 heavy (non-hydrogen) atoms. The van der Waals surface area contributed by atoms with Gasteiger partial charge in [0, 0.05) is 30.5 Å². The summed E-state index contributed by atoms with van der Waals surface area (Å²) >= 11 is 10.2. The van der Waals surface area contributed by atoms with Gasteiger partial charge in [0.1, 0.15) is 6.54 Å². The van der Waals surface area contributed by atoms with Crippen LogP contribution in [0.5, 0.6) is 0 Å². The molecule has 0 aromatic carbocycles. The summed E-state index contributed by atoms with van der Waals surface area (Å²) in [6.07, 6.45) is 0. The summed E-state index contributed by atoms with van der Waals surface area (Å²) < 4.78 is 0.505. The molecule has 0 heterocycles. The Morgan fingerprint density at radius 3 is 2.31 bits per heavy atom. The summed E-state index contributed by atoms with van der Waals surface area (Å²) in [4.78, 5) is 33.5. The van der Waals surface area contributed by atoms with Crippen molar-refractivity contribution in [2.24, 2.45) is 0 Å². The number of urea groups is 1. The topological polar surface area (TPSA) is 78.5 Å². The van der Waals surface area contributed by atoms with Gasteiger partial charge < -0.3 is 0 Å². The van der Waals surface area contributed by atoms with Crippen molar-refractivity contribution in [3.8, 4) is 0 Å². The zero-order valence-electron chi connectivity index (χ0n) is 6.63. The molecule has 0 saturated heterocycles. The lowest BCUT2D eigenvalue weighted by atomic mass is 10.5. The number of rotatable bonds is 2. The smallest absolute Gasteiger partial charge is 0.295 e. The second-order valence-electron chi connectivity index (χ2n) is 2.02. The van der Waals surface area contributed by atoms with Crippen molar-refractivity contribution in [2.45, 2.75) is 6.92 Å². The van der Waals surface area contributed by atoms with Gasteiger partial charge in [-0.05, 0) is 0 Å². The van der Waals surface area contributed by atoms with E-state index in [2.05, 4.69) is 0 Å². The molecule has 0 aliphatic rings. The molecule has 0 aliphatic carbocycles. The first-order valence-electron chi connectivity index (χ1n) is 3.11. The first-order chi connectivity index (χ1) is 5.97. The predicted molar refractivity (Wildman–Crippen MR) is 45.8 cm³/mol. The normalized spacial score (nSPS) is 8.85. The van der Waals surface area contributed by atoms with Crippen LogP contribution in [0.1, 0.15) is 6.92 Å². The molecule has 0 rings (SSSR count). The Kier molecular flexibility index (Phi) is 5.17. The molecule has 0 fully saturated rings. The highest BCUT2D eigenvalue weighted by atomic mass is 35.5. The van der Waals surface area contributed by atoms with Gasteiger partial charge in [0.25, 0.3) is 0 Å². The Bertz CT molecular complexity index is 233. The summed E-state index contributed by atoms with van der Waals surface area (Å²) in [5.74, 6) is -1.22. The standard InChI is InChI=1S/C5H7Cl2N3O3/c1-3(11)8-4(12)2-10(7)5(13)9-6/h2H2,1H3,(H,9,13)(H,8,11,12). The van der Waals surface area contributed by atoms with Gasteiger partial charge in [-0.3, -0.25) is 14.9 Å².